The topological polar surface area (TPSA) is 67.9 Å². The maximum Gasteiger partial charge on any atom is 0.410 e. The predicted molar refractivity (Wildman–Crippen MR) is 77.6 cm³/mol. The first-order valence-corrected chi connectivity index (χ1v) is 6.97. The standard InChI is InChI=1S/C14H28N2O4/c1-7-19-10-12(17)15-9-8-11(2)16(6)13(18)20-14(3,4)5/h11H,7-10H2,1-6H3,(H,15,17)/t11-/m1/s1. The zero-order valence-electron chi connectivity index (χ0n) is 13.5. The minimum atomic E-state index is -0.503. The van der Waals surface area contributed by atoms with E-state index in [4.69, 9.17) is 9.47 Å². The van der Waals surface area contributed by atoms with Gasteiger partial charge in [0.25, 0.3) is 0 Å². The molecule has 6 nitrogen and oxygen atoms in total. The van der Waals surface area contributed by atoms with Crippen LogP contribution in [0.5, 0.6) is 0 Å². The smallest absolute Gasteiger partial charge is 0.410 e. The highest BCUT2D eigenvalue weighted by Crippen LogP contribution is 2.11. The summed E-state index contributed by atoms with van der Waals surface area (Å²) in [5.74, 6) is -0.140. The van der Waals surface area contributed by atoms with Crippen LogP contribution in [-0.2, 0) is 14.3 Å². The zero-order chi connectivity index (χ0) is 15.8. The Balaban J connectivity index is 3.99. The van der Waals surface area contributed by atoms with Gasteiger partial charge in [-0.2, -0.15) is 0 Å². The molecule has 0 aromatic rings. The zero-order valence-corrected chi connectivity index (χ0v) is 13.5. The average Bonchev–Trinajstić information content (AvgIpc) is 2.33. The molecule has 0 aliphatic heterocycles. The van der Waals surface area contributed by atoms with Crippen LogP contribution in [0, 0.1) is 0 Å². The van der Waals surface area contributed by atoms with E-state index < -0.39 is 5.60 Å². The lowest BCUT2D eigenvalue weighted by Crippen LogP contribution is -2.41. The van der Waals surface area contributed by atoms with Crippen molar-refractivity contribution in [3.05, 3.63) is 0 Å². The van der Waals surface area contributed by atoms with E-state index in [0.717, 1.165) is 0 Å². The van der Waals surface area contributed by atoms with Crippen molar-refractivity contribution < 1.29 is 19.1 Å². The molecule has 1 atom stereocenters. The van der Waals surface area contributed by atoms with E-state index in [1.807, 2.05) is 34.6 Å². The van der Waals surface area contributed by atoms with Crippen molar-refractivity contribution in [3.8, 4) is 0 Å². The highest BCUT2D eigenvalue weighted by molar-refractivity contribution is 5.77. The Bertz CT molecular complexity index is 313. The second-order valence-electron chi connectivity index (χ2n) is 5.72. The van der Waals surface area contributed by atoms with Crippen molar-refractivity contribution in [2.45, 2.75) is 52.7 Å². The van der Waals surface area contributed by atoms with Crippen LogP contribution in [0.15, 0.2) is 0 Å². The first kappa shape index (κ1) is 18.7. The van der Waals surface area contributed by atoms with Gasteiger partial charge >= 0.3 is 6.09 Å². The SMILES string of the molecule is CCOCC(=O)NCC[C@@H](C)N(C)C(=O)OC(C)(C)C. The largest absolute Gasteiger partial charge is 0.444 e. The molecule has 0 spiro atoms. The van der Waals surface area contributed by atoms with Crippen LogP contribution >= 0.6 is 0 Å². The molecule has 0 aliphatic rings. The molecular weight excluding hydrogens is 260 g/mol. The lowest BCUT2D eigenvalue weighted by atomic mass is 10.2. The van der Waals surface area contributed by atoms with Gasteiger partial charge in [-0.15, -0.1) is 0 Å². The first-order valence-electron chi connectivity index (χ1n) is 6.97. The van der Waals surface area contributed by atoms with Gasteiger partial charge in [0.15, 0.2) is 0 Å². The maximum absolute atomic E-state index is 11.8. The monoisotopic (exact) mass is 288 g/mol. The van der Waals surface area contributed by atoms with Gasteiger partial charge in [-0.3, -0.25) is 4.79 Å². The molecule has 118 valence electrons. The summed E-state index contributed by atoms with van der Waals surface area (Å²) in [5.41, 5.74) is -0.503. The number of nitrogens with one attached hydrogen (secondary N) is 1. The van der Waals surface area contributed by atoms with Gasteiger partial charge < -0.3 is 19.7 Å². The van der Waals surface area contributed by atoms with Crippen LogP contribution in [0.3, 0.4) is 0 Å². The van der Waals surface area contributed by atoms with Gasteiger partial charge in [-0.05, 0) is 41.0 Å². The van der Waals surface area contributed by atoms with Crippen molar-refractivity contribution in [2.75, 3.05) is 26.8 Å². The highest BCUT2D eigenvalue weighted by Gasteiger charge is 2.22. The molecule has 0 aromatic carbocycles. The van der Waals surface area contributed by atoms with Gasteiger partial charge in [-0.25, -0.2) is 4.79 Å². The third-order valence-electron chi connectivity index (χ3n) is 2.66. The Morgan fingerprint density at radius 2 is 1.90 bits per heavy atom. The molecule has 0 unspecified atom stereocenters. The highest BCUT2D eigenvalue weighted by atomic mass is 16.6. The van der Waals surface area contributed by atoms with E-state index in [0.29, 0.717) is 19.6 Å². The number of ether oxygens (including phenoxy) is 2. The van der Waals surface area contributed by atoms with Crippen LogP contribution in [0.2, 0.25) is 0 Å². The van der Waals surface area contributed by atoms with E-state index in [2.05, 4.69) is 5.32 Å². The molecule has 0 saturated heterocycles. The molecule has 0 fully saturated rings. The summed E-state index contributed by atoms with van der Waals surface area (Å²) in [6, 6.07) is -0.0164. The lowest BCUT2D eigenvalue weighted by molar-refractivity contribution is -0.125. The van der Waals surface area contributed by atoms with E-state index in [9.17, 15) is 9.59 Å². The number of amides is 2. The van der Waals surface area contributed by atoms with Crippen molar-refractivity contribution >= 4 is 12.0 Å². The third-order valence-corrected chi connectivity index (χ3v) is 2.66. The number of nitrogens with zero attached hydrogens (tertiary/aromatic N) is 1. The quantitative estimate of drug-likeness (QED) is 0.775. The number of carbonyl (C=O) groups excluding carboxylic acids is 2. The fourth-order valence-corrected chi connectivity index (χ4v) is 1.37. The normalized spacial score (nSPS) is 12.7. The van der Waals surface area contributed by atoms with E-state index in [1.54, 1.807) is 11.9 Å². The number of hydrogen-bond donors (Lipinski definition) is 1. The Morgan fingerprint density at radius 1 is 1.30 bits per heavy atom. The molecule has 20 heavy (non-hydrogen) atoms. The summed E-state index contributed by atoms with van der Waals surface area (Å²) in [7, 11) is 1.70. The van der Waals surface area contributed by atoms with Crippen molar-refractivity contribution in [3.63, 3.8) is 0 Å². The molecule has 0 rings (SSSR count). The Hall–Kier alpha value is -1.30. The van der Waals surface area contributed by atoms with Gasteiger partial charge in [0.2, 0.25) is 5.91 Å². The number of rotatable bonds is 7. The Labute approximate surface area is 121 Å². The van der Waals surface area contributed by atoms with Crippen LogP contribution < -0.4 is 5.32 Å². The Kier molecular flexibility index (Phi) is 8.22. The van der Waals surface area contributed by atoms with Gasteiger partial charge in [-0.1, -0.05) is 0 Å². The summed E-state index contributed by atoms with van der Waals surface area (Å²) in [6.45, 7) is 10.3. The molecule has 0 saturated carbocycles. The van der Waals surface area contributed by atoms with Crippen molar-refractivity contribution in [1.82, 2.24) is 10.2 Å². The predicted octanol–water partition coefficient (Wildman–Crippen LogP) is 1.78. The number of hydrogen-bond acceptors (Lipinski definition) is 4. The summed E-state index contributed by atoms with van der Waals surface area (Å²) in [5, 5.41) is 2.75. The molecule has 0 aliphatic carbocycles. The summed E-state index contributed by atoms with van der Waals surface area (Å²) in [6.07, 6.45) is 0.304. The van der Waals surface area contributed by atoms with Gasteiger partial charge in [0, 0.05) is 26.2 Å². The van der Waals surface area contributed by atoms with Crippen molar-refractivity contribution in [1.29, 1.82) is 0 Å². The maximum atomic E-state index is 11.8. The fraction of sp³-hybridized carbons (Fsp3) is 0.857. The molecule has 2 amide bonds. The van der Waals surface area contributed by atoms with Crippen LogP contribution in [0.4, 0.5) is 4.79 Å². The molecule has 0 bridgehead atoms. The third kappa shape index (κ3) is 8.74. The molecule has 6 heteroatoms. The van der Waals surface area contributed by atoms with Crippen LogP contribution in [0.1, 0.15) is 41.0 Å². The molecular formula is C14H28N2O4. The van der Waals surface area contributed by atoms with E-state index in [-0.39, 0.29) is 24.6 Å². The average molecular weight is 288 g/mol. The molecule has 1 N–H and O–H groups in total. The minimum absolute atomic E-state index is 0.0164. The van der Waals surface area contributed by atoms with Crippen LogP contribution in [-0.4, -0.2) is 55.3 Å². The summed E-state index contributed by atoms with van der Waals surface area (Å²) in [4.78, 5) is 24.7. The first-order chi connectivity index (χ1) is 9.17. The van der Waals surface area contributed by atoms with E-state index >= 15 is 0 Å². The lowest BCUT2D eigenvalue weighted by Gasteiger charge is -2.28. The molecule has 0 aromatic heterocycles. The fourth-order valence-electron chi connectivity index (χ4n) is 1.37. The number of carbonyl (C=O) groups is 2. The van der Waals surface area contributed by atoms with Gasteiger partial charge in [0.05, 0.1) is 0 Å². The van der Waals surface area contributed by atoms with Crippen molar-refractivity contribution in [2.24, 2.45) is 0 Å². The second-order valence-corrected chi connectivity index (χ2v) is 5.72. The second kappa shape index (κ2) is 8.79. The van der Waals surface area contributed by atoms with Crippen LogP contribution in [0.25, 0.3) is 0 Å². The molecule has 0 radical (unpaired) electrons. The molecule has 0 heterocycles. The summed E-state index contributed by atoms with van der Waals surface area (Å²) < 4.78 is 10.3. The van der Waals surface area contributed by atoms with E-state index in [1.165, 1.54) is 0 Å². The van der Waals surface area contributed by atoms with Gasteiger partial charge in [0.1, 0.15) is 12.2 Å². The summed E-state index contributed by atoms with van der Waals surface area (Å²) >= 11 is 0. The Morgan fingerprint density at radius 3 is 2.40 bits per heavy atom. The minimum Gasteiger partial charge on any atom is -0.444 e.